The summed E-state index contributed by atoms with van der Waals surface area (Å²) in [6.07, 6.45) is -2.32. The van der Waals surface area contributed by atoms with Gasteiger partial charge >= 0.3 is 6.36 Å². The summed E-state index contributed by atoms with van der Waals surface area (Å²) in [5.41, 5.74) is 5.63. The van der Waals surface area contributed by atoms with Crippen molar-refractivity contribution in [3.8, 4) is 5.75 Å². The van der Waals surface area contributed by atoms with Gasteiger partial charge in [-0.15, -0.1) is 25.6 Å². The van der Waals surface area contributed by atoms with E-state index in [-0.39, 0.29) is 35.8 Å². The summed E-state index contributed by atoms with van der Waals surface area (Å²) in [6, 6.07) is 5.49. The summed E-state index contributed by atoms with van der Waals surface area (Å²) < 4.78 is 40.9. The quantitative estimate of drug-likeness (QED) is 0.885. The largest absolute Gasteiger partial charge is 0.573 e. The molecule has 0 aliphatic heterocycles. The number of rotatable bonds is 4. The Bertz CT molecular complexity index is 511. The van der Waals surface area contributed by atoms with Gasteiger partial charge in [-0.1, -0.05) is 18.6 Å². The number of nitrogens with one attached hydrogen (secondary N) is 1. The Hall–Kier alpha value is -1.47. The van der Waals surface area contributed by atoms with Crippen LogP contribution in [0.5, 0.6) is 5.75 Å². The summed E-state index contributed by atoms with van der Waals surface area (Å²) >= 11 is 0. The van der Waals surface area contributed by atoms with Gasteiger partial charge in [-0.3, -0.25) is 4.79 Å². The van der Waals surface area contributed by atoms with Gasteiger partial charge in [-0.05, 0) is 37.4 Å². The van der Waals surface area contributed by atoms with Crippen LogP contribution in [0.15, 0.2) is 24.3 Å². The van der Waals surface area contributed by atoms with E-state index < -0.39 is 12.1 Å². The molecule has 0 radical (unpaired) electrons. The van der Waals surface area contributed by atoms with Crippen molar-refractivity contribution in [3.63, 3.8) is 0 Å². The van der Waals surface area contributed by atoms with Crippen LogP contribution in [0.25, 0.3) is 0 Å². The van der Waals surface area contributed by atoms with Crippen LogP contribution in [0.4, 0.5) is 18.9 Å². The zero-order valence-electron chi connectivity index (χ0n) is 11.7. The fraction of sp³-hybridized carbons (Fsp3) is 0.500. The van der Waals surface area contributed by atoms with Crippen molar-refractivity contribution in [1.29, 1.82) is 0 Å². The number of nitrogens with two attached hydrogens (primary N) is 1. The normalized spacial score (nSPS) is 21.1. The van der Waals surface area contributed by atoms with E-state index in [9.17, 15) is 18.0 Å². The molecule has 1 fully saturated rings. The van der Waals surface area contributed by atoms with Gasteiger partial charge in [0.2, 0.25) is 5.91 Å². The minimum atomic E-state index is -4.80. The summed E-state index contributed by atoms with van der Waals surface area (Å²) in [5.74, 6) is -0.892. The molecule has 0 heterocycles. The standard InChI is InChI=1S/C14H17F3N2O2.ClH/c15-14(16,17)21-12-7-2-1-6-11(12)19-13(20)10-5-3-4-9(10)8-18;/h1-2,6-7,9-10H,3-5,8,18H2,(H,19,20);1H/t9-,10-;/m1./s1. The van der Waals surface area contributed by atoms with Crippen LogP contribution in [-0.2, 0) is 4.79 Å². The molecule has 1 aromatic rings. The van der Waals surface area contributed by atoms with Gasteiger partial charge in [0.25, 0.3) is 0 Å². The predicted octanol–water partition coefficient (Wildman–Crippen LogP) is 3.32. The smallest absolute Gasteiger partial charge is 0.404 e. The molecule has 1 amide bonds. The zero-order chi connectivity index (χ0) is 15.5. The van der Waals surface area contributed by atoms with Crippen LogP contribution < -0.4 is 15.8 Å². The highest BCUT2D eigenvalue weighted by Crippen LogP contribution is 2.34. The molecule has 1 saturated carbocycles. The molecule has 2 rings (SSSR count). The maximum Gasteiger partial charge on any atom is 0.573 e. The van der Waals surface area contributed by atoms with E-state index in [1.165, 1.54) is 18.2 Å². The Kier molecular flexibility index (Phi) is 6.49. The molecule has 124 valence electrons. The molecule has 8 heteroatoms. The number of carbonyl (C=O) groups is 1. The highest BCUT2D eigenvalue weighted by atomic mass is 35.5. The molecule has 2 atom stereocenters. The number of hydrogen-bond acceptors (Lipinski definition) is 3. The van der Waals surface area contributed by atoms with Crippen molar-refractivity contribution in [2.45, 2.75) is 25.6 Å². The number of anilines is 1. The van der Waals surface area contributed by atoms with E-state index in [4.69, 9.17) is 5.73 Å². The maximum atomic E-state index is 12.3. The lowest BCUT2D eigenvalue weighted by Crippen LogP contribution is -2.30. The SMILES string of the molecule is Cl.NC[C@H]1CCC[C@H]1C(=O)Nc1ccccc1OC(F)(F)F. The average Bonchev–Trinajstić information content (AvgIpc) is 2.87. The molecule has 0 bridgehead atoms. The van der Waals surface area contributed by atoms with Gasteiger partial charge < -0.3 is 15.8 Å². The van der Waals surface area contributed by atoms with E-state index in [1.807, 2.05) is 0 Å². The Morgan fingerprint density at radius 3 is 2.64 bits per heavy atom. The first-order chi connectivity index (χ1) is 9.90. The summed E-state index contributed by atoms with van der Waals surface area (Å²) in [5, 5.41) is 2.52. The number of para-hydroxylation sites is 2. The van der Waals surface area contributed by atoms with Crippen LogP contribution in [0, 0.1) is 11.8 Å². The van der Waals surface area contributed by atoms with E-state index in [2.05, 4.69) is 10.1 Å². The van der Waals surface area contributed by atoms with Crippen LogP contribution in [-0.4, -0.2) is 18.8 Å². The number of hydrogen-bond donors (Lipinski definition) is 2. The zero-order valence-corrected chi connectivity index (χ0v) is 12.5. The first kappa shape index (κ1) is 18.6. The monoisotopic (exact) mass is 338 g/mol. The van der Waals surface area contributed by atoms with Gasteiger partial charge in [-0.2, -0.15) is 0 Å². The lowest BCUT2D eigenvalue weighted by Gasteiger charge is -2.19. The van der Waals surface area contributed by atoms with Crippen molar-refractivity contribution < 1.29 is 22.7 Å². The van der Waals surface area contributed by atoms with Crippen LogP contribution in [0.2, 0.25) is 0 Å². The Morgan fingerprint density at radius 2 is 2.00 bits per heavy atom. The molecular weight excluding hydrogens is 321 g/mol. The van der Waals surface area contributed by atoms with Crippen molar-refractivity contribution in [2.24, 2.45) is 17.6 Å². The van der Waals surface area contributed by atoms with Gasteiger partial charge in [0, 0.05) is 5.92 Å². The number of amides is 1. The van der Waals surface area contributed by atoms with Crippen LogP contribution in [0.1, 0.15) is 19.3 Å². The molecule has 1 aliphatic carbocycles. The van der Waals surface area contributed by atoms with Crippen LogP contribution >= 0.6 is 12.4 Å². The van der Waals surface area contributed by atoms with E-state index in [0.717, 1.165) is 18.9 Å². The van der Waals surface area contributed by atoms with Crippen LogP contribution in [0.3, 0.4) is 0 Å². The summed E-state index contributed by atoms with van der Waals surface area (Å²) in [4.78, 5) is 12.2. The van der Waals surface area contributed by atoms with Crippen molar-refractivity contribution in [1.82, 2.24) is 0 Å². The number of alkyl halides is 3. The minimum absolute atomic E-state index is 0. The molecule has 4 nitrogen and oxygen atoms in total. The fourth-order valence-electron chi connectivity index (χ4n) is 2.67. The minimum Gasteiger partial charge on any atom is -0.404 e. The molecule has 0 aromatic heterocycles. The second-order valence-electron chi connectivity index (χ2n) is 5.07. The highest BCUT2D eigenvalue weighted by molar-refractivity contribution is 5.94. The Morgan fingerprint density at radius 1 is 1.32 bits per heavy atom. The summed E-state index contributed by atoms with van der Waals surface area (Å²) in [7, 11) is 0. The number of halogens is 4. The molecule has 22 heavy (non-hydrogen) atoms. The molecular formula is C14H18ClF3N2O2. The Balaban J connectivity index is 0.00000242. The van der Waals surface area contributed by atoms with E-state index in [1.54, 1.807) is 0 Å². The third-order valence-corrected chi connectivity index (χ3v) is 3.67. The second kappa shape index (κ2) is 7.69. The molecule has 3 N–H and O–H groups in total. The third-order valence-electron chi connectivity index (χ3n) is 3.67. The van der Waals surface area contributed by atoms with E-state index >= 15 is 0 Å². The molecule has 1 aromatic carbocycles. The first-order valence-electron chi connectivity index (χ1n) is 6.76. The van der Waals surface area contributed by atoms with E-state index in [0.29, 0.717) is 13.0 Å². The number of carbonyl (C=O) groups excluding carboxylic acids is 1. The highest BCUT2D eigenvalue weighted by Gasteiger charge is 2.34. The lowest BCUT2D eigenvalue weighted by molar-refractivity contribution is -0.274. The molecule has 0 saturated heterocycles. The second-order valence-corrected chi connectivity index (χ2v) is 5.07. The van der Waals surface area contributed by atoms with Crippen molar-refractivity contribution in [3.05, 3.63) is 24.3 Å². The first-order valence-corrected chi connectivity index (χ1v) is 6.76. The number of benzene rings is 1. The fourth-order valence-corrected chi connectivity index (χ4v) is 2.67. The predicted molar refractivity (Wildman–Crippen MR) is 78.9 cm³/mol. The third kappa shape index (κ3) is 4.78. The molecule has 1 aliphatic rings. The van der Waals surface area contributed by atoms with Gasteiger partial charge in [0.1, 0.15) is 0 Å². The number of ether oxygens (including phenoxy) is 1. The topological polar surface area (TPSA) is 64.4 Å². The molecule has 0 unspecified atom stereocenters. The average molecular weight is 339 g/mol. The van der Waals surface area contributed by atoms with Gasteiger partial charge in [0.05, 0.1) is 5.69 Å². The summed E-state index contributed by atoms with van der Waals surface area (Å²) in [6.45, 7) is 0.402. The van der Waals surface area contributed by atoms with Crippen molar-refractivity contribution in [2.75, 3.05) is 11.9 Å². The molecule has 0 spiro atoms. The maximum absolute atomic E-state index is 12.3. The Labute approximate surface area is 132 Å². The van der Waals surface area contributed by atoms with Crippen molar-refractivity contribution >= 4 is 24.0 Å². The van der Waals surface area contributed by atoms with Gasteiger partial charge in [0.15, 0.2) is 5.75 Å². The lowest BCUT2D eigenvalue weighted by atomic mass is 9.95. The van der Waals surface area contributed by atoms with Gasteiger partial charge in [-0.25, -0.2) is 0 Å².